The van der Waals surface area contributed by atoms with Crippen LogP contribution in [-0.2, 0) is 4.74 Å². The molecular weight excluding hydrogens is 178 g/mol. The van der Waals surface area contributed by atoms with E-state index in [1.54, 1.807) is 0 Å². The van der Waals surface area contributed by atoms with Crippen LogP contribution in [0, 0.1) is 0 Å². The number of ether oxygens (including phenoxy) is 1. The summed E-state index contributed by atoms with van der Waals surface area (Å²) in [4.78, 5) is 0. The molecule has 0 amide bonds. The van der Waals surface area contributed by atoms with E-state index in [0.29, 0.717) is 6.10 Å². The first-order valence-corrected chi connectivity index (χ1v) is 5.46. The van der Waals surface area contributed by atoms with Gasteiger partial charge in [0.25, 0.3) is 0 Å². The van der Waals surface area contributed by atoms with Gasteiger partial charge in [-0.25, -0.2) is 0 Å². The van der Waals surface area contributed by atoms with Crippen LogP contribution in [0.1, 0.15) is 40.5 Å². The average Bonchev–Trinajstić information content (AvgIpc) is 2.00. The Morgan fingerprint density at radius 1 is 1.29 bits per heavy atom. The molecule has 2 N–H and O–H groups in total. The van der Waals surface area contributed by atoms with Crippen LogP contribution in [0.25, 0.3) is 0 Å². The molecule has 0 bridgehead atoms. The molecule has 0 saturated carbocycles. The van der Waals surface area contributed by atoms with E-state index >= 15 is 0 Å². The van der Waals surface area contributed by atoms with E-state index in [0.717, 1.165) is 32.5 Å². The summed E-state index contributed by atoms with van der Waals surface area (Å²) < 4.78 is 5.40. The highest BCUT2D eigenvalue weighted by molar-refractivity contribution is 4.66. The lowest BCUT2D eigenvalue weighted by molar-refractivity contribution is 0.0687. The van der Waals surface area contributed by atoms with E-state index in [4.69, 9.17) is 4.74 Å². The van der Waals surface area contributed by atoms with Crippen LogP contribution in [0.3, 0.4) is 0 Å². The summed E-state index contributed by atoms with van der Waals surface area (Å²) in [6.07, 6.45) is 2.15. The molecule has 0 spiro atoms. The molecule has 86 valence electrons. The van der Waals surface area contributed by atoms with Gasteiger partial charge in [0.15, 0.2) is 0 Å². The molecule has 0 aliphatic heterocycles. The van der Waals surface area contributed by atoms with Crippen LogP contribution in [0.2, 0.25) is 0 Å². The van der Waals surface area contributed by atoms with Crippen molar-refractivity contribution in [2.75, 3.05) is 19.7 Å². The van der Waals surface area contributed by atoms with Gasteiger partial charge in [-0.2, -0.15) is 0 Å². The zero-order chi connectivity index (χ0) is 11.0. The average molecular weight is 203 g/mol. The van der Waals surface area contributed by atoms with Crippen molar-refractivity contribution in [1.82, 2.24) is 5.32 Å². The molecule has 14 heavy (non-hydrogen) atoms. The van der Waals surface area contributed by atoms with E-state index < -0.39 is 5.60 Å². The first-order chi connectivity index (χ1) is 6.42. The fourth-order valence-electron chi connectivity index (χ4n) is 1.04. The van der Waals surface area contributed by atoms with Crippen LogP contribution in [0.4, 0.5) is 0 Å². The summed E-state index contributed by atoms with van der Waals surface area (Å²) >= 11 is 0. The van der Waals surface area contributed by atoms with Crippen molar-refractivity contribution in [3.8, 4) is 0 Å². The number of hydrogen-bond donors (Lipinski definition) is 2. The van der Waals surface area contributed by atoms with Gasteiger partial charge in [-0.1, -0.05) is 0 Å². The fraction of sp³-hybridized carbons (Fsp3) is 1.00. The zero-order valence-electron chi connectivity index (χ0n) is 9.97. The molecule has 0 aromatic heterocycles. The highest BCUT2D eigenvalue weighted by Gasteiger charge is 2.10. The Morgan fingerprint density at radius 2 is 1.93 bits per heavy atom. The summed E-state index contributed by atoms with van der Waals surface area (Å²) in [5.41, 5.74) is -0.554. The van der Waals surface area contributed by atoms with Gasteiger partial charge in [0.05, 0.1) is 11.7 Å². The van der Waals surface area contributed by atoms with Crippen molar-refractivity contribution in [2.24, 2.45) is 0 Å². The molecule has 3 nitrogen and oxygen atoms in total. The number of aliphatic hydroxyl groups is 1. The first-order valence-electron chi connectivity index (χ1n) is 5.46. The molecular formula is C11H25NO2. The van der Waals surface area contributed by atoms with Crippen molar-refractivity contribution in [2.45, 2.75) is 52.2 Å². The van der Waals surface area contributed by atoms with E-state index in [1.807, 2.05) is 27.7 Å². The Bertz CT molecular complexity index is 130. The standard InChI is InChI=1S/C11H25NO2/c1-10(2)14-9-5-7-12-8-6-11(3,4)13/h10,12-13H,5-9H2,1-4H3. The molecule has 3 heteroatoms. The molecule has 0 heterocycles. The molecule has 0 aromatic carbocycles. The Labute approximate surface area is 87.8 Å². The predicted molar refractivity (Wildman–Crippen MR) is 59.5 cm³/mol. The zero-order valence-corrected chi connectivity index (χ0v) is 9.97. The summed E-state index contributed by atoms with van der Waals surface area (Å²) in [6.45, 7) is 10.4. The number of nitrogens with one attached hydrogen (secondary N) is 1. The van der Waals surface area contributed by atoms with E-state index in [9.17, 15) is 5.11 Å². The Balaban J connectivity index is 3.07. The molecule has 0 atom stereocenters. The third-order valence-corrected chi connectivity index (χ3v) is 1.86. The van der Waals surface area contributed by atoms with Gasteiger partial charge in [-0.15, -0.1) is 0 Å². The third kappa shape index (κ3) is 11.9. The second-order valence-corrected chi connectivity index (χ2v) is 4.59. The van der Waals surface area contributed by atoms with Gasteiger partial charge < -0.3 is 15.2 Å². The fourth-order valence-corrected chi connectivity index (χ4v) is 1.04. The SMILES string of the molecule is CC(C)OCCCNCCC(C)(C)O. The van der Waals surface area contributed by atoms with E-state index in [-0.39, 0.29) is 0 Å². The summed E-state index contributed by atoms with van der Waals surface area (Å²) in [6, 6.07) is 0. The van der Waals surface area contributed by atoms with Gasteiger partial charge in [-0.05, 0) is 53.6 Å². The molecule has 0 saturated heterocycles. The Hall–Kier alpha value is -0.120. The van der Waals surface area contributed by atoms with Crippen molar-refractivity contribution < 1.29 is 9.84 Å². The van der Waals surface area contributed by atoms with Gasteiger partial charge >= 0.3 is 0 Å². The maximum Gasteiger partial charge on any atom is 0.0603 e. The smallest absolute Gasteiger partial charge is 0.0603 e. The number of hydrogen-bond acceptors (Lipinski definition) is 3. The van der Waals surface area contributed by atoms with Crippen LogP contribution in [-0.4, -0.2) is 36.5 Å². The van der Waals surface area contributed by atoms with Gasteiger partial charge in [0, 0.05) is 6.61 Å². The lowest BCUT2D eigenvalue weighted by Crippen LogP contribution is -2.27. The summed E-state index contributed by atoms with van der Waals surface area (Å²) in [5, 5.41) is 12.7. The number of rotatable bonds is 8. The van der Waals surface area contributed by atoms with Crippen molar-refractivity contribution in [1.29, 1.82) is 0 Å². The van der Waals surface area contributed by atoms with E-state index in [1.165, 1.54) is 0 Å². The maximum absolute atomic E-state index is 9.43. The molecule has 0 rings (SSSR count). The van der Waals surface area contributed by atoms with Crippen LogP contribution in [0.5, 0.6) is 0 Å². The van der Waals surface area contributed by atoms with Crippen molar-refractivity contribution >= 4 is 0 Å². The van der Waals surface area contributed by atoms with Gasteiger partial charge in [0.1, 0.15) is 0 Å². The molecule has 0 aliphatic rings. The first kappa shape index (κ1) is 13.9. The van der Waals surface area contributed by atoms with Crippen LogP contribution in [0.15, 0.2) is 0 Å². The molecule has 0 unspecified atom stereocenters. The minimum atomic E-state index is -0.554. The van der Waals surface area contributed by atoms with Crippen molar-refractivity contribution in [3.63, 3.8) is 0 Å². The molecule has 0 aromatic rings. The molecule has 0 radical (unpaired) electrons. The lowest BCUT2D eigenvalue weighted by atomic mass is 10.1. The maximum atomic E-state index is 9.43. The summed E-state index contributed by atoms with van der Waals surface area (Å²) in [7, 11) is 0. The third-order valence-electron chi connectivity index (χ3n) is 1.86. The second-order valence-electron chi connectivity index (χ2n) is 4.59. The largest absolute Gasteiger partial charge is 0.390 e. The van der Waals surface area contributed by atoms with E-state index in [2.05, 4.69) is 5.32 Å². The van der Waals surface area contributed by atoms with Crippen molar-refractivity contribution in [3.05, 3.63) is 0 Å². The quantitative estimate of drug-likeness (QED) is 0.588. The molecule has 0 aliphatic carbocycles. The predicted octanol–water partition coefficient (Wildman–Crippen LogP) is 1.55. The highest BCUT2D eigenvalue weighted by Crippen LogP contribution is 2.04. The Kier molecular flexibility index (Phi) is 7.15. The van der Waals surface area contributed by atoms with Gasteiger partial charge in [-0.3, -0.25) is 0 Å². The lowest BCUT2D eigenvalue weighted by Gasteiger charge is -2.17. The normalized spacial score (nSPS) is 12.4. The summed E-state index contributed by atoms with van der Waals surface area (Å²) in [5.74, 6) is 0. The van der Waals surface area contributed by atoms with Gasteiger partial charge in [0.2, 0.25) is 0 Å². The second kappa shape index (κ2) is 7.21. The van der Waals surface area contributed by atoms with Crippen LogP contribution < -0.4 is 5.32 Å². The Morgan fingerprint density at radius 3 is 2.43 bits per heavy atom. The monoisotopic (exact) mass is 203 g/mol. The topological polar surface area (TPSA) is 41.5 Å². The minimum Gasteiger partial charge on any atom is -0.390 e. The minimum absolute atomic E-state index is 0.325. The van der Waals surface area contributed by atoms with Crippen LogP contribution >= 0.6 is 0 Å². The highest BCUT2D eigenvalue weighted by atomic mass is 16.5. The molecule has 0 fully saturated rings.